The molecule has 0 aliphatic rings. The van der Waals surface area contributed by atoms with Gasteiger partial charge in [-0.3, -0.25) is 0 Å². The van der Waals surface area contributed by atoms with E-state index in [0.717, 1.165) is 5.56 Å². The Bertz CT molecular complexity index is 164. The van der Waals surface area contributed by atoms with E-state index in [2.05, 4.69) is 10.2 Å². The van der Waals surface area contributed by atoms with Crippen molar-refractivity contribution in [1.29, 1.82) is 0 Å². The maximum absolute atomic E-state index is 4.86. The van der Waals surface area contributed by atoms with Crippen molar-refractivity contribution >= 4 is 0 Å². The van der Waals surface area contributed by atoms with Crippen LogP contribution in [-0.2, 0) is 11.3 Å². The lowest BCUT2D eigenvalue weighted by atomic mass is 10.3. The normalized spacial score (nSPS) is 9.44. The van der Waals surface area contributed by atoms with Gasteiger partial charge < -0.3 is 4.74 Å². The first kappa shape index (κ1) is 6.16. The zero-order valence-electron chi connectivity index (χ0n) is 5.24. The van der Waals surface area contributed by atoms with Gasteiger partial charge in [-0.1, -0.05) is 0 Å². The van der Waals surface area contributed by atoms with Gasteiger partial charge in [0.1, 0.15) is 0 Å². The summed E-state index contributed by atoms with van der Waals surface area (Å²) < 4.78 is 4.86. The molecule has 1 heterocycles. The molecule has 0 saturated carbocycles. The Hall–Kier alpha value is -0.960. The number of ether oxygens (including phenoxy) is 1. The van der Waals surface area contributed by atoms with Crippen molar-refractivity contribution in [1.82, 2.24) is 10.2 Å². The second-order valence-electron chi connectivity index (χ2n) is 1.68. The van der Waals surface area contributed by atoms with Crippen LogP contribution in [-0.4, -0.2) is 17.3 Å². The summed E-state index contributed by atoms with van der Waals surface area (Å²) in [6.07, 6.45) is 3.33. The Balaban J connectivity index is 2.61. The second kappa shape index (κ2) is 3.14. The largest absolute Gasteiger partial charge is 0.380 e. The average Bonchev–Trinajstić information content (AvgIpc) is 1.91. The lowest BCUT2D eigenvalue weighted by molar-refractivity contribution is 0.184. The summed E-state index contributed by atoms with van der Waals surface area (Å²) in [5.74, 6) is 0. The Labute approximate surface area is 53.7 Å². The number of methoxy groups -OCH3 is 1. The van der Waals surface area contributed by atoms with E-state index < -0.39 is 0 Å². The molecule has 0 unspecified atom stereocenters. The molecule has 1 rings (SSSR count). The molecule has 0 aromatic carbocycles. The van der Waals surface area contributed by atoms with E-state index in [9.17, 15) is 0 Å². The number of hydrogen-bond acceptors (Lipinski definition) is 3. The fourth-order valence-electron chi connectivity index (χ4n) is 0.570. The molecular formula is C6H8N2O. The molecule has 1 aromatic rings. The van der Waals surface area contributed by atoms with Gasteiger partial charge in [0.25, 0.3) is 0 Å². The zero-order chi connectivity index (χ0) is 6.53. The second-order valence-corrected chi connectivity index (χ2v) is 1.68. The molecule has 0 saturated heterocycles. The molecule has 48 valence electrons. The molecule has 0 aliphatic carbocycles. The predicted octanol–water partition coefficient (Wildman–Crippen LogP) is 0.623. The monoisotopic (exact) mass is 124 g/mol. The SMILES string of the molecule is COCc1ccnnc1. The van der Waals surface area contributed by atoms with Gasteiger partial charge in [0.2, 0.25) is 0 Å². The minimum atomic E-state index is 0.607. The fourth-order valence-corrected chi connectivity index (χ4v) is 0.570. The van der Waals surface area contributed by atoms with Crippen molar-refractivity contribution in [3.63, 3.8) is 0 Å². The standard InChI is InChI=1S/C6H8N2O/c1-9-5-6-2-3-7-8-4-6/h2-4H,5H2,1H3. The van der Waals surface area contributed by atoms with Gasteiger partial charge in [0.05, 0.1) is 12.8 Å². The first-order valence-electron chi connectivity index (χ1n) is 2.68. The molecule has 0 spiro atoms. The third-order valence-electron chi connectivity index (χ3n) is 0.957. The lowest BCUT2D eigenvalue weighted by Crippen LogP contribution is -1.88. The molecule has 9 heavy (non-hydrogen) atoms. The number of aromatic nitrogens is 2. The van der Waals surface area contributed by atoms with E-state index in [4.69, 9.17) is 4.74 Å². The summed E-state index contributed by atoms with van der Waals surface area (Å²) in [7, 11) is 1.65. The van der Waals surface area contributed by atoms with E-state index in [0.29, 0.717) is 6.61 Å². The van der Waals surface area contributed by atoms with E-state index in [1.165, 1.54) is 0 Å². The first-order chi connectivity index (χ1) is 4.43. The molecule has 0 amide bonds. The van der Waals surface area contributed by atoms with E-state index in [1.54, 1.807) is 19.5 Å². The van der Waals surface area contributed by atoms with E-state index in [1.807, 2.05) is 6.07 Å². The highest BCUT2D eigenvalue weighted by Gasteiger charge is 1.86. The zero-order valence-corrected chi connectivity index (χ0v) is 5.24. The predicted molar refractivity (Wildman–Crippen MR) is 32.7 cm³/mol. The van der Waals surface area contributed by atoms with Crippen LogP contribution in [0.5, 0.6) is 0 Å². The maximum Gasteiger partial charge on any atom is 0.0729 e. The van der Waals surface area contributed by atoms with Crippen LogP contribution in [0.1, 0.15) is 5.56 Å². The molecular weight excluding hydrogens is 116 g/mol. The molecule has 0 N–H and O–H groups in total. The van der Waals surface area contributed by atoms with Crippen LogP contribution in [0, 0.1) is 0 Å². The first-order valence-corrected chi connectivity index (χ1v) is 2.68. The summed E-state index contributed by atoms with van der Waals surface area (Å²) in [5, 5.41) is 7.30. The molecule has 0 radical (unpaired) electrons. The summed E-state index contributed by atoms with van der Waals surface area (Å²) >= 11 is 0. The average molecular weight is 124 g/mol. The quantitative estimate of drug-likeness (QED) is 0.579. The fraction of sp³-hybridized carbons (Fsp3) is 0.333. The molecule has 0 bridgehead atoms. The van der Waals surface area contributed by atoms with Crippen LogP contribution in [0.2, 0.25) is 0 Å². The molecule has 3 nitrogen and oxygen atoms in total. The van der Waals surface area contributed by atoms with Gasteiger partial charge in [-0.25, -0.2) is 0 Å². The number of hydrogen-bond donors (Lipinski definition) is 0. The van der Waals surface area contributed by atoms with E-state index >= 15 is 0 Å². The van der Waals surface area contributed by atoms with Crippen LogP contribution in [0.15, 0.2) is 18.5 Å². The number of nitrogens with zero attached hydrogens (tertiary/aromatic N) is 2. The molecule has 0 fully saturated rings. The molecule has 0 atom stereocenters. The van der Waals surface area contributed by atoms with Crippen LogP contribution < -0.4 is 0 Å². The van der Waals surface area contributed by atoms with Gasteiger partial charge >= 0.3 is 0 Å². The van der Waals surface area contributed by atoms with Crippen molar-refractivity contribution in [3.8, 4) is 0 Å². The Kier molecular flexibility index (Phi) is 2.15. The minimum Gasteiger partial charge on any atom is -0.380 e. The Morgan fingerprint density at radius 3 is 3.00 bits per heavy atom. The van der Waals surface area contributed by atoms with Crippen LogP contribution in [0.25, 0.3) is 0 Å². The highest BCUT2D eigenvalue weighted by Crippen LogP contribution is 1.93. The van der Waals surface area contributed by atoms with Crippen LogP contribution in [0.4, 0.5) is 0 Å². The molecule has 3 heteroatoms. The smallest absolute Gasteiger partial charge is 0.0729 e. The van der Waals surface area contributed by atoms with E-state index in [-0.39, 0.29) is 0 Å². The van der Waals surface area contributed by atoms with Crippen molar-refractivity contribution in [2.24, 2.45) is 0 Å². The third kappa shape index (κ3) is 1.77. The molecule has 1 aromatic heterocycles. The highest BCUT2D eigenvalue weighted by molar-refractivity contribution is 5.02. The van der Waals surface area contributed by atoms with Gasteiger partial charge in [0, 0.05) is 13.3 Å². The van der Waals surface area contributed by atoms with Crippen molar-refractivity contribution in [2.75, 3.05) is 7.11 Å². The Morgan fingerprint density at radius 2 is 2.44 bits per heavy atom. The Morgan fingerprint density at radius 1 is 1.56 bits per heavy atom. The summed E-state index contributed by atoms with van der Waals surface area (Å²) in [4.78, 5) is 0. The van der Waals surface area contributed by atoms with Crippen molar-refractivity contribution in [2.45, 2.75) is 6.61 Å². The van der Waals surface area contributed by atoms with Crippen molar-refractivity contribution in [3.05, 3.63) is 24.0 Å². The summed E-state index contributed by atoms with van der Waals surface area (Å²) in [5.41, 5.74) is 1.05. The minimum absolute atomic E-state index is 0.607. The van der Waals surface area contributed by atoms with Crippen molar-refractivity contribution < 1.29 is 4.74 Å². The lowest BCUT2D eigenvalue weighted by Gasteiger charge is -1.93. The topological polar surface area (TPSA) is 35.0 Å². The highest BCUT2D eigenvalue weighted by atomic mass is 16.5. The maximum atomic E-state index is 4.86. The summed E-state index contributed by atoms with van der Waals surface area (Å²) in [6, 6.07) is 1.87. The van der Waals surface area contributed by atoms with Crippen LogP contribution in [0.3, 0.4) is 0 Å². The van der Waals surface area contributed by atoms with Gasteiger partial charge in [0.15, 0.2) is 0 Å². The van der Waals surface area contributed by atoms with Gasteiger partial charge in [-0.05, 0) is 11.6 Å². The third-order valence-corrected chi connectivity index (χ3v) is 0.957. The van der Waals surface area contributed by atoms with Gasteiger partial charge in [-0.15, -0.1) is 0 Å². The van der Waals surface area contributed by atoms with Crippen LogP contribution >= 0.6 is 0 Å². The number of rotatable bonds is 2. The summed E-state index contributed by atoms with van der Waals surface area (Å²) in [6.45, 7) is 0.607. The van der Waals surface area contributed by atoms with Gasteiger partial charge in [-0.2, -0.15) is 10.2 Å². The molecule has 0 aliphatic heterocycles.